The molecule has 0 fully saturated rings. The van der Waals surface area contributed by atoms with Gasteiger partial charge in [0, 0.05) is 24.2 Å². The van der Waals surface area contributed by atoms with Crippen molar-refractivity contribution in [1.82, 2.24) is 15.6 Å². The maximum Gasteiger partial charge on any atom is 0.191 e. The molecule has 138 valence electrons. The predicted molar refractivity (Wildman–Crippen MR) is 118 cm³/mol. The molecule has 8 heteroatoms. The molecule has 2 N–H and O–H groups in total. The van der Waals surface area contributed by atoms with Gasteiger partial charge in [0.2, 0.25) is 0 Å². The van der Waals surface area contributed by atoms with E-state index in [2.05, 4.69) is 27.5 Å². The monoisotopic (exact) mass is 494 g/mol. The van der Waals surface area contributed by atoms with Gasteiger partial charge < -0.3 is 10.6 Å². The van der Waals surface area contributed by atoms with Crippen molar-refractivity contribution in [2.24, 2.45) is 4.99 Å². The third-order valence-electron chi connectivity index (χ3n) is 3.62. The lowest BCUT2D eigenvalue weighted by Gasteiger charge is -2.13. The fourth-order valence-electron chi connectivity index (χ4n) is 2.23. The van der Waals surface area contributed by atoms with Gasteiger partial charge in [-0.05, 0) is 43.4 Å². The Balaban J connectivity index is 0.00000312. The van der Waals surface area contributed by atoms with Crippen LogP contribution in [-0.2, 0) is 18.8 Å². The lowest BCUT2D eigenvalue weighted by atomic mass is 10.1. The van der Waals surface area contributed by atoms with Gasteiger partial charge in [-0.15, -0.1) is 35.3 Å². The van der Waals surface area contributed by atoms with E-state index in [0.717, 1.165) is 27.6 Å². The summed E-state index contributed by atoms with van der Waals surface area (Å²) in [6.45, 7) is 5.33. The summed E-state index contributed by atoms with van der Waals surface area (Å²) in [6, 6.07) is 4.93. The topological polar surface area (TPSA) is 49.3 Å². The number of rotatable bonds is 6. The van der Waals surface area contributed by atoms with E-state index in [0.29, 0.717) is 19.0 Å². The molecule has 2 rings (SSSR count). The molecule has 1 aromatic carbocycles. The van der Waals surface area contributed by atoms with E-state index >= 15 is 0 Å². The van der Waals surface area contributed by atoms with Gasteiger partial charge in [0.1, 0.15) is 10.8 Å². The second-order valence-corrected chi connectivity index (χ2v) is 7.53. The van der Waals surface area contributed by atoms with Gasteiger partial charge >= 0.3 is 0 Å². The van der Waals surface area contributed by atoms with E-state index in [9.17, 15) is 4.39 Å². The number of aliphatic imine (C=N–C) groups is 1. The van der Waals surface area contributed by atoms with Crippen LogP contribution in [-0.4, -0.2) is 24.2 Å². The summed E-state index contributed by atoms with van der Waals surface area (Å²) in [7, 11) is 1.74. The SMILES string of the molecule is CN=C(NCc1nc(C)c(C)s1)NCc1ccc(F)cc1CSC.I. The summed E-state index contributed by atoms with van der Waals surface area (Å²) in [4.78, 5) is 9.98. The van der Waals surface area contributed by atoms with Gasteiger partial charge in [0.05, 0.1) is 12.2 Å². The van der Waals surface area contributed by atoms with Crippen molar-refractivity contribution in [2.75, 3.05) is 13.3 Å². The quantitative estimate of drug-likeness (QED) is 0.358. The zero-order valence-electron chi connectivity index (χ0n) is 14.9. The van der Waals surface area contributed by atoms with Crippen molar-refractivity contribution in [1.29, 1.82) is 0 Å². The molecule has 0 atom stereocenters. The van der Waals surface area contributed by atoms with E-state index in [1.165, 1.54) is 10.9 Å². The van der Waals surface area contributed by atoms with Gasteiger partial charge in [-0.3, -0.25) is 4.99 Å². The van der Waals surface area contributed by atoms with E-state index < -0.39 is 0 Å². The van der Waals surface area contributed by atoms with Crippen LogP contribution >= 0.6 is 47.1 Å². The van der Waals surface area contributed by atoms with Crippen molar-refractivity contribution >= 4 is 53.0 Å². The maximum absolute atomic E-state index is 13.4. The molecule has 1 heterocycles. The highest BCUT2D eigenvalue weighted by molar-refractivity contribution is 14.0. The largest absolute Gasteiger partial charge is 0.352 e. The van der Waals surface area contributed by atoms with Crippen molar-refractivity contribution in [3.8, 4) is 0 Å². The van der Waals surface area contributed by atoms with Gasteiger partial charge in [-0.1, -0.05) is 6.07 Å². The molecule has 0 aliphatic carbocycles. The molecule has 1 aromatic heterocycles. The second kappa shape index (κ2) is 11.0. The number of aryl methyl sites for hydroxylation is 2. The lowest BCUT2D eigenvalue weighted by molar-refractivity contribution is 0.625. The molecule has 0 saturated carbocycles. The number of hydrogen-bond acceptors (Lipinski definition) is 4. The molecule has 0 radical (unpaired) electrons. The summed E-state index contributed by atoms with van der Waals surface area (Å²) < 4.78 is 13.4. The van der Waals surface area contributed by atoms with Gasteiger partial charge in [-0.25, -0.2) is 9.37 Å². The third kappa shape index (κ3) is 6.74. The molecule has 0 amide bonds. The molecule has 0 bridgehead atoms. The first-order valence-corrected chi connectivity index (χ1v) is 9.88. The van der Waals surface area contributed by atoms with Gasteiger partial charge in [-0.2, -0.15) is 11.8 Å². The molecule has 0 unspecified atom stereocenters. The fourth-order valence-corrected chi connectivity index (χ4v) is 3.68. The van der Waals surface area contributed by atoms with E-state index in [1.54, 1.807) is 36.2 Å². The van der Waals surface area contributed by atoms with Crippen molar-refractivity contribution in [3.63, 3.8) is 0 Å². The molecular formula is C17H24FIN4S2. The zero-order valence-corrected chi connectivity index (χ0v) is 18.8. The highest BCUT2D eigenvalue weighted by Gasteiger charge is 2.07. The number of benzene rings is 1. The highest BCUT2D eigenvalue weighted by atomic mass is 127. The Morgan fingerprint density at radius 1 is 1.24 bits per heavy atom. The first-order valence-electron chi connectivity index (χ1n) is 7.67. The predicted octanol–water partition coefficient (Wildman–Crippen LogP) is 4.25. The minimum atomic E-state index is -0.195. The summed E-state index contributed by atoms with van der Waals surface area (Å²) in [5.41, 5.74) is 3.17. The van der Waals surface area contributed by atoms with Crippen LogP contribution in [0.2, 0.25) is 0 Å². The van der Waals surface area contributed by atoms with E-state index in [-0.39, 0.29) is 29.8 Å². The molecule has 2 aromatic rings. The van der Waals surface area contributed by atoms with Crippen LogP contribution < -0.4 is 10.6 Å². The zero-order chi connectivity index (χ0) is 17.5. The maximum atomic E-state index is 13.4. The van der Waals surface area contributed by atoms with E-state index in [1.807, 2.05) is 19.2 Å². The molecule has 0 saturated heterocycles. The van der Waals surface area contributed by atoms with Crippen molar-refractivity contribution < 1.29 is 4.39 Å². The van der Waals surface area contributed by atoms with Crippen molar-refractivity contribution in [2.45, 2.75) is 32.7 Å². The van der Waals surface area contributed by atoms with E-state index in [4.69, 9.17) is 0 Å². The lowest BCUT2D eigenvalue weighted by Crippen LogP contribution is -2.36. The molecule has 4 nitrogen and oxygen atoms in total. The average Bonchev–Trinajstić information content (AvgIpc) is 2.88. The Hall–Kier alpha value is -0.870. The normalized spacial score (nSPS) is 11.2. The molecule has 0 spiro atoms. The number of aromatic nitrogens is 1. The van der Waals surface area contributed by atoms with Crippen LogP contribution in [0.25, 0.3) is 0 Å². The molecule has 0 aliphatic rings. The summed E-state index contributed by atoms with van der Waals surface area (Å²) in [6.07, 6.45) is 2.01. The number of thioether (sulfide) groups is 1. The van der Waals surface area contributed by atoms with Crippen LogP contribution in [0.3, 0.4) is 0 Å². The Morgan fingerprint density at radius 2 is 1.96 bits per heavy atom. The Kier molecular flexibility index (Phi) is 9.73. The fraction of sp³-hybridized carbons (Fsp3) is 0.412. The molecule has 25 heavy (non-hydrogen) atoms. The Morgan fingerprint density at radius 3 is 2.56 bits per heavy atom. The highest BCUT2D eigenvalue weighted by Crippen LogP contribution is 2.17. The summed E-state index contributed by atoms with van der Waals surface area (Å²) >= 11 is 3.37. The molecule has 0 aliphatic heterocycles. The number of hydrogen-bond donors (Lipinski definition) is 2. The van der Waals surface area contributed by atoms with Crippen LogP contribution in [0, 0.1) is 19.7 Å². The number of guanidine groups is 1. The summed E-state index contributed by atoms with van der Waals surface area (Å²) in [5, 5.41) is 7.59. The smallest absolute Gasteiger partial charge is 0.191 e. The van der Waals surface area contributed by atoms with Gasteiger partial charge in [0.25, 0.3) is 0 Å². The first-order chi connectivity index (χ1) is 11.5. The first kappa shape index (κ1) is 22.2. The van der Waals surface area contributed by atoms with Crippen molar-refractivity contribution in [3.05, 3.63) is 50.7 Å². The second-order valence-electron chi connectivity index (χ2n) is 5.37. The minimum absolute atomic E-state index is 0. The average molecular weight is 494 g/mol. The number of thiazole rings is 1. The minimum Gasteiger partial charge on any atom is -0.352 e. The van der Waals surface area contributed by atoms with Crippen LogP contribution in [0.4, 0.5) is 4.39 Å². The van der Waals surface area contributed by atoms with Crippen LogP contribution in [0.5, 0.6) is 0 Å². The molecular weight excluding hydrogens is 470 g/mol. The van der Waals surface area contributed by atoms with Crippen LogP contribution in [0.1, 0.15) is 26.7 Å². The third-order valence-corrected chi connectivity index (χ3v) is 5.29. The number of nitrogens with zero attached hydrogens (tertiary/aromatic N) is 2. The van der Waals surface area contributed by atoms with Crippen LogP contribution in [0.15, 0.2) is 23.2 Å². The summed E-state index contributed by atoms with van der Waals surface area (Å²) in [5.74, 6) is 1.30. The standard InChI is InChI=1S/C17H23FN4S2.HI/c1-11-12(2)24-16(22-11)9-21-17(19-3)20-8-13-5-6-15(18)7-14(13)10-23-4;/h5-7H,8-10H2,1-4H3,(H2,19,20,21);1H. The Bertz CT molecular complexity index is 699. The Labute approximate surface area is 174 Å². The number of halogens is 2. The number of nitrogens with one attached hydrogen (secondary N) is 2. The van der Waals surface area contributed by atoms with Gasteiger partial charge in [0.15, 0.2) is 5.96 Å².